The molecule has 0 aromatic rings. The zero-order valence-corrected chi connectivity index (χ0v) is 20.5. The maximum atomic E-state index is 13.2. The van der Waals surface area contributed by atoms with E-state index in [1.54, 1.807) is 13.0 Å². The lowest BCUT2D eigenvalue weighted by atomic mass is 9.55. The second-order valence-electron chi connectivity index (χ2n) is 10.1. The van der Waals surface area contributed by atoms with Crippen LogP contribution in [0.4, 0.5) is 0 Å². The van der Waals surface area contributed by atoms with E-state index in [0.29, 0.717) is 12.0 Å². The summed E-state index contributed by atoms with van der Waals surface area (Å²) in [6.07, 6.45) is -0.412. The first-order valence-electron chi connectivity index (χ1n) is 11.2. The van der Waals surface area contributed by atoms with Crippen molar-refractivity contribution in [1.29, 1.82) is 0 Å². The standard InChI is InChI=1S/C24H29ClO9/c1-10-9-14-18(32-14)22(5)8-7-15(28)23(6,34-13(4)27)17(22)20(31-12(3)26)24(30)11(2)21(29)33-19(24)16(10)25/h7-8,11,14,16-20,30H,1,9H2,2-6H3/t11-,14+,16-,17+,18-,19+,20-,22-,23+,24-/m0/s1. The summed E-state index contributed by atoms with van der Waals surface area (Å²) in [5.41, 5.74) is -4.58. The van der Waals surface area contributed by atoms with Crippen LogP contribution in [0.3, 0.4) is 0 Å². The first-order valence-corrected chi connectivity index (χ1v) is 11.6. The Morgan fingerprint density at radius 2 is 1.85 bits per heavy atom. The zero-order chi connectivity index (χ0) is 25.4. The summed E-state index contributed by atoms with van der Waals surface area (Å²) in [7, 11) is 0. The Morgan fingerprint density at radius 1 is 1.21 bits per heavy atom. The van der Waals surface area contributed by atoms with Gasteiger partial charge in [-0.2, -0.15) is 0 Å². The van der Waals surface area contributed by atoms with Crippen LogP contribution in [0.2, 0.25) is 0 Å². The van der Waals surface area contributed by atoms with E-state index < -0.39 is 75.8 Å². The molecule has 2 heterocycles. The summed E-state index contributed by atoms with van der Waals surface area (Å²) in [4.78, 5) is 50.5. The van der Waals surface area contributed by atoms with Crippen molar-refractivity contribution in [3.63, 3.8) is 0 Å². The van der Waals surface area contributed by atoms with E-state index in [2.05, 4.69) is 6.58 Å². The number of ketones is 1. The number of fused-ring (bicyclic) bond motifs is 4. The number of epoxide rings is 1. The van der Waals surface area contributed by atoms with Gasteiger partial charge in [0.1, 0.15) is 6.10 Å². The molecule has 34 heavy (non-hydrogen) atoms. The molecule has 1 saturated carbocycles. The molecule has 0 radical (unpaired) electrons. The van der Waals surface area contributed by atoms with Crippen molar-refractivity contribution in [2.24, 2.45) is 17.3 Å². The molecule has 186 valence electrons. The van der Waals surface area contributed by atoms with Crippen molar-refractivity contribution >= 4 is 35.3 Å². The molecule has 0 aromatic carbocycles. The Balaban J connectivity index is 2.02. The maximum Gasteiger partial charge on any atom is 0.312 e. The number of aliphatic hydroxyl groups is 1. The van der Waals surface area contributed by atoms with Crippen LogP contribution in [0.1, 0.15) is 41.0 Å². The molecule has 3 fully saturated rings. The molecular formula is C24H29ClO9. The Bertz CT molecular complexity index is 1010. The molecule has 4 rings (SSSR count). The lowest BCUT2D eigenvalue weighted by Crippen LogP contribution is -2.69. The van der Waals surface area contributed by atoms with Gasteiger partial charge in [0.25, 0.3) is 0 Å². The topological polar surface area (TPSA) is 129 Å². The highest BCUT2D eigenvalue weighted by Gasteiger charge is 2.73. The van der Waals surface area contributed by atoms with Crippen LogP contribution in [-0.4, -0.2) is 69.8 Å². The van der Waals surface area contributed by atoms with E-state index in [0.717, 1.165) is 13.8 Å². The lowest BCUT2D eigenvalue weighted by Gasteiger charge is -2.53. The minimum atomic E-state index is -2.17. The van der Waals surface area contributed by atoms with E-state index in [9.17, 15) is 24.3 Å². The van der Waals surface area contributed by atoms with E-state index >= 15 is 0 Å². The number of carbonyl (C=O) groups excluding carboxylic acids is 4. The average Bonchev–Trinajstić information content (AvgIpc) is 3.46. The third-order valence-electron chi connectivity index (χ3n) is 7.81. The summed E-state index contributed by atoms with van der Waals surface area (Å²) >= 11 is 6.67. The molecule has 2 saturated heterocycles. The molecule has 4 aliphatic rings. The number of rotatable bonds is 2. The summed E-state index contributed by atoms with van der Waals surface area (Å²) in [6, 6.07) is 0. The van der Waals surface area contributed by atoms with Crippen molar-refractivity contribution in [3.05, 3.63) is 24.3 Å². The Morgan fingerprint density at radius 3 is 2.44 bits per heavy atom. The molecule has 9 nitrogen and oxygen atoms in total. The van der Waals surface area contributed by atoms with Crippen LogP contribution >= 0.6 is 11.6 Å². The Hall–Kier alpha value is -2.23. The molecule has 2 aliphatic carbocycles. The smallest absolute Gasteiger partial charge is 0.312 e. The fourth-order valence-electron chi connectivity index (χ4n) is 6.07. The second kappa shape index (κ2) is 7.90. The van der Waals surface area contributed by atoms with Gasteiger partial charge in [-0.15, -0.1) is 11.6 Å². The number of ether oxygens (including phenoxy) is 4. The van der Waals surface area contributed by atoms with E-state index in [-0.39, 0.29) is 6.10 Å². The maximum absolute atomic E-state index is 13.2. The van der Waals surface area contributed by atoms with Crippen molar-refractivity contribution in [2.75, 3.05) is 0 Å². The van der Waals surface area contributed by atoms with Crippen LogP contribution in [0.15, 0.2) is 24.3 Å². The van der Waals surface area contributed by atoms with Gasteiger partial charge in [0.2, 0.25) is 0 Å². The summed E-state index contributed by atoms with van der Waals surface area (Å²) in [6.45, 7) is 11.0. The zero-order valence-electron chi connectivity index (χ0n) is 19.7. The average molecular weight is 497 g/mol. The van der Waals surface area contributed by atoms with Crippen molar-refractivity contribution < 1.29 is 43.2 Å². The van der Waals surface area contributed by atoms with Gasteiger partial charge in [0.15, 0.2) is 23.1 Å². The minimum absolute atomic E-state index is 0.323. The van der Waals surface area contributed by atoms with Gasteiger partial charge < -0.3 is 24.1 Å². The molecule has 10 atom stereocenters. The van der Waals surface area contributed by atoms with Crippen LogP contribution in [-0.2, 0) is 38.1 Å². The third kappa shape index (κ3) is 3.43. The van der Waals surface area contributed by atoms with Gasteiger partial charge in [0, 0.05) is 19.3 Å². The normalized spacial score (nSPS) is 47.6. The minimum Gasteiger partial charge on any atom is -0.459 e. The van der Waals surface area contributed by atoms with E-state index in [1.807, 2.05) is 0 Å². The largest absolute Gasteiger partial charge is 0.459 e. The lowest BCUT2D eigenvalue weighted by molar-refractivity contribution is -0.224. The predicted molar refractivity (Wildman–Crippen MR) is 118 cm³/mol. The molecule has 0 aromatic heterocycles. The predicted octanol–water partition coefficient (Wildman–Crippen LogP) is 1.63. The molecule has 0 spiro atoms. The van der Waals surface area contributed by atoms with Crippen LogP contribution in [0, 0.1) is 17.3 Å². The van der Waals surface area contributed by atoms with Gasteiger partial charge in [-0.1, -0.05) is 25.2 Å². The molecule has 0 unspecified atom stereocenters. The third-order valence-corrected chi connectivity index (χ3v) is 8.35. The molecule has 0 bridgehead atoms. The molecule has 2 aliphatic heterocycles. The van der Waals surface area contributed by atoms with Gasteiger partial charge in [-0.3, -0.25) is 19.2 Å². The molecule has 1 N–H and O–H groups in total. The Labute approximate surface area is 202 Å². The van der Waals surface area contributed by atoms with E-state index in [1.165, 1.54) is 19.9 Å². The van der Waals surface area contributed by atoms with Crippen LogP contribution in [0.25, 0.3) is 0 Å². The number of halogens is 1. The number of carbonyl (C=O) groups is 4. The van der Waals surface area contributed by atoms with Gasteiger partial charge in [-0.05, 0) is 26.3 Å². The van der Waals surface area contributed by atoms with Gasteiger partial charge >= 0.3 is 17.9 Å². The van der Waals surface area contributed by atoms with Crippen LogP contribution in [0.5, 0.6) is 0 Å². The monoisotopic (exact) mass is 496 g/mol. The summed E-state index contributed by atoms with van der Waals surface area (Å²) in [5.74, 6) is -5.12. The number of esters is 3. The SMILES string of the molecule is C=C1C[C@H]2O[C@@H]2[C@@]2(C)C=CC(=O)[C@@](C)(OC(C)=O)[C@@H]2[C@H](OC(C)=O)[C@@]2(O)[C@H](OC(=O)[C@@H]2C)[C@H]1Cl. The first-order chi connectivity index (χ1) is 15.7. The summed E-state index contributed by atoms with van der Waals surface area (Å²) in [5, 5.41) is 11.2. The second-order valence-corrected chi connectivity index (χ2v) is 10.6. The number of alkyl halides is 1. The van der Waals surface area contributed by atoms with Crippen molar-refractivity contribution in [1.82, 2.24) is 0 Å². The number of hydrogen-bond donors (Lipinski definition) is 1. The van der Waals surface area contributed by atoms with Crippen molar-refractivity contribution in [2.45, 2.75) is 82.0 Å². The van der Waals surface area contributed by atoms with Gasteiger partial charge in [0.05, 0.1) is 29.4 Å². The van der Waals surface area contributed by atoms with Crippen LogP contribution < -0.4 is 0 Å². The summed E-state index contributed by atoms with van der Waals surface area (Å²) < 4.78 is 22.8. The molecule has 0 amide bonds. The highest BCUT2D eigenvalue weighted by Crippen LogP contribution is 2.59. The quantitative estimate of drug-likeness (QED) is 0.199. The first kappa shape index (κ1) is 24.9. The molecule has 10 heteroatoms. The highest BCUT2D eigenvalue weighted by molar-refractivity contribution is 6.23. The van der Waals surface area contributed by atoms with E-state index in [4.69, 9.17) is 30.5 Å². The fourth-order valence-corrected chi connectivity index (χ4v) is 6.41. The highest BCUT2D eigenvalue weighted by atomic mass is 35.5. The van der Waals surface area contributed by atoms with Crippen molar-refractivity contribution in [3.8, 4) is 0 Å². The Kier molecular flexibility index (Phi) is 5.78. The number of hydrogen-bond acceptors (Lipinski definition) is 9. The molecular weight excluding hydrogens is 468 g/mol. The van der Waals surface area contributed by atoms with Gasteiger partial charge in [-0.25, -0.2) is 0 Å². The fraction of sp³-hybridized carbons (Fsp3) is 0.667.